The van der Waals surface area contributed by atoms with Gasteiger partial charge in [-0.15, -0.1) is 0 Å². The maximum absolute atomic E-state index is 10.2. The molecule has 0 aromatic heterocycles. The topological polar surface area (TPSA) is 171 Å². The Kier molecular flexibility index (Phi) is 6.34. The lowest BCUT2D eigenvalue weighted by Crippen LogP contribution is -2.40. The van der Waals surface area contributed by atoms with E-state index in [1.165, 1.54) is 0 Å². The van der Waals surface area contributed by atoms with E-state index in [1.807, 2.05) is 6.92 Å². The predicted molar refractivity (Wildman–Crippen MR) is 97.3 cm³/mol. The summed E-state index contributed by atoms with van der Waals surface area (Å²) in [5.74, 6) is -0.271. The molecule has 2 aliphatic rings. The number of hydrogen-bond acceptors (Lipinski definition) is 10. The summed E-state index contributed by atoms with van der Waals surface area (Å²) < 4.78 is 0. The average Bonchev–Trinajstić information content (AvgIpc) is 2.66. The Hall–Kier alpha value is -2.72. The van der Waals surface area contributed by atoms with Gasteiger partial charge in [0.2, 0.25) is 0 Å². The molecule has 10 heteroatoms. The fourth-order valence-electron chi connectivity index (χ4n) is 3.82. The normalized spacial score (nSPS) is 31.4. The molecule has 0 saturated heterocycles. The van der Waals surface area contributed by atoms with Crippen molar-refractivity contribution in [2.45, 2.75) is 52.2 Å². The van der Waals surface area contributed by atoms with Gasteiger partial charge in [-0.05, 0) is 31.4 Å². The third-order valence-corrected chi connectivity index (χ3v) is 5.35. The molecular weight excluding hydrogens is 356 g/mol. The van der Waals surface area contributed by atoms with Crippen LogP contribution in [0.1, 0.15) is 40.0 Å². The van der Waals surface area contributed by atoms with Crippen LogP contribution in [0.15, 0.2) is 42.9 Å². The van der Waals surface area contributed by atoms with E-state index in [4.69, 9.17) is 0 Å². The minimum Gasteiger partial charge on any atom is -0.411 e. The van der Waals surface area contributed by atoms with E-state index >= 15 is 0 Å². The molecule has 0 fully saturated rings. The van der Waals surface area contributed by atoms with Gasteiger partial charge >= 0.3 is 0 Å². The van der Waals surface area contributed by atoms with Crippen LogP contribution >= 0.6 is 0 Å². The largest absolute Gasteiger partial charge is 0.411 e. The molecule has 0 aliphatic heterocycles. The Morgan fingerprint density at radius 3 is 1.41 bits per heavy atom. The first kappa shape index (κ1) is 20.6. The van der Waals surface area contributed by atoms with E-state index in [-0.39, 0.29) is 41.6 Å². The van der Waals surface area contributed by atoms with E-state index in [2.05, 4.69) is 20.6 Å². The first-order valence-electron chi connectivity index (χ1n) is 8.47. The van der Waals surface area contributed by atoms with Crippen LogP contribution in [-0.2, 0) is 0 Å². The lowest BCUT2D eigenvalue weighted by atomic mass is 9.72. The molecule has 2 aliphatic carbocycles. The zero-order valence-electron chi connectivity index (χ0n) is 15.3. The van der Waals surface area contributed by atoms with E-state index in [0.29, 0.717) is 17.6 Å². The summed E-state index contributed by atoms with van der Waals surface area (Å²) in [6.07, 6.45) is -1.74. The summed E-state index contributed by atoms with van der Waals surface area (Å²) in [6.45, 7) is 5.30. The van der Waals surface area contributed by atoms with Crippen LogP contribution in [0.3, 0.4) is 0 Å². The standard InChI is InChI=1S/C17H24N4O6/c1-4-9(10-5-12(18-24)16(22)14(20-26)7(10)2)11-6-13(19-25)17(23)15(21-27)8(11)3/h9,16-17,22-27H,4-6H2,1-3H3. The Labute approximate surface area is 155 Å². The Morgan fingerprint density at radius 1 is 0.778 bits per heavy atom. The fourth-order valence-corrected chi connectivity index (χ4v) is 3.82. The molecule has 148 valence electrons. The van der Waals surface area contributed by atoms with Crippen LogP contribution in [0.5, 0.6) is 0 Å². The van der Waals surface area contributed by atoms with Gasteiger partial charge in [0.05, 0.1) is 11.4 Å². The highest BCUT2D eigenvalue weighted by Gasteiger charge is 2.38. The van der Waals surface area contributed by atoms with Gasteiger partial charge in [-0.25, -0.2) is 0 Å². The number of aliphatic hydroxyl groups is 2. The summed E-state index contributed by atoms with van der Waals surface area (Å²) in [5, 5.41) is 69.9. The lowest BCUT2D eigenvalue weighted by Gasteiger charge is -2.34. The van der Waals surface area contributed by atoms with Crippen LogP contribution < -0.4 is 0 Å². The van der Waals surface area contributed by atoms with Gasteiger partial charge in [0.25, 0.3) is 0 Å². The van der Waals surface area contributed by atoms with Gasteiger partial charge in [-0.2, -0.15) is 0 Å². The Bertz CT molecular complexity index is 729. The molecule has 0 saturated carbocycles. The molecule has 0 aromatic carbocycles. The van der Waals surface area contributed by atoms with Crippen molar-refractivity contribution in [2.24, 2.45) is 26.5 Å². The second-order valence-corrected chi connectivity index (χ2v) is 6.57. The van der Waals surface area contributed by atoms with Gasteiger partial charge in [0, 0.05) is 18.8 Å². The van der Waals surface area contributed by atoms with Crippen LogP contribution in [0.4, 0.5) is 0 Å². The van der Waals surface area contributed by atoms with Crippen molar-refractivity contribution >= 4 is 22.8 Å². The van der Waals surface area contributed by atoms with Crippen molar-refractivity contribution in [2.75, 3.05) is 0 Å². The molecule has 2 rings (SSSR count). The van der Waals surface area contributed by atoms with Crippen molar-refractivity contribution in [3.05, 3.63) is 22.3 Å². The molecule has 0 heterocycles. The number of nitrogens with zero attached hydrogens (tertiary/aromatic N) is 4. The summed E-state index contributed by atoms with van der Waals surface area (Å²) in [6, 6.07) is 0. The third kappa shape index (κ3) is 3.45. The molecule has 0 bridgehead atoms. The van der Waals surface area contributed by atoms with Crippen molar-refractivity contribution in [3.63, 3.8) is 0 Å². The maximum atomic E-state index is 10.2. The minimum atomic E-state index is -1.31. The second kappa shape index (κ2) is 8.31. The fraction of sp³-hybridized carbons (Fsp3) is 0.529. The summed E-state index contributed by atoms with van der Waals surface area (Å²) in [5.41, 5.74) is 2.69. The maximum Gasteiger partial charge on any atom is 0.141 e. The van der Waals surface area contributed by atoms with Crippen LogP contribution in [0.2, 0.25) is 0 Å². The van der Waals surface area contributed by atoms with E-state index in [1.54, 1.807) is 13.8 Å². The molecule has 27 heavy (non-hydrogen) atoms. The molecule has 6 N–H and O–H groups in total. The number of hydrogen-bond donors (Lipinski definition) is 6. The number of oxime groups is 4. The van der Waals surface area contributed by atoms with Gasteiger partial charge < -0.3 is 31.0 Å². The van der Waals surface area contributed by atoms with Crippen molar-refractivity contribution in [1.29, 1.82) is 0 Å². The zero-order valence-corrected chi connectivity index (χ0v) is 15.3. The summed E-state index contributed by atoms with van der Waals surface area (Å²) in [4.78, 5) is 0. The summed E-state index contributed by atoms with van der Waals surface area (Å²) >= 11 is 0. The molecular formula is C17H24N4O6. The van der Waals surface area contributed by atoms with Crippen molar-refractivity contribution in [3.8, 4) is 0 Å². The number of rotatable bonds is 3. The first-order chi connectivity index (χ1) is 12.9. The molecule has 2 atom stereocenters. The Morgan fingerprint density at radius 2 is 1.15 bits per heavy atom. The lowest BCUT2D eigenvalue weighted by molar-refractivity contribution is 0.262. The minimum absolute atomic E-state index is 0.0105. The number of allylic oxidation sites excluding steroid dienone is 2. The Balaban J connectivity index is 2.65. The van der Waals surface area contributed by atoms with Crippen LogP contribution in [0.25, 0.3) is 0 Å². The highest BCUT2D eigenvalue weighted by molar-refractivity contribution is 6.21. The van der Waals surface area contributed by atoms with Crippen molar-refractivity contribution in [1.82, 2.24) is 0 Å². The third-order valence-electron chi connectivity index (χ3n) is 5.35. The average molecular weight is 380 g/mol. The number of aliphatic hydroxyl groups excluding tert-OH is 2. The highest BCUT2D eigenvalue weighted by atomic mass is 16.4. The molecule has 2 unspecified atom stereocenters. The molecule has 0 spiro atoms. The smallest absolute Gasteiger partial charge is 0.141 e. The molecule has 10 nitrogen and oxygen atoms in total. The van der Waals surface area contributed by atoms with Gasteiger partial charge in [0.1, 0.15) is 23.6 Å². The SMILES string of the molecule is CCC(C1=C(C)C(=NO)C(O)C(=NO)C1)C1=C(C)C(=NO)C(O)C(=NO)C1. The van der Waals surface area contributed by atoms with E-state index in [9.17, 15) is 31.0 Å². The highest BCUT2D eigenvalue weighted by Crippen LogP contribution is 2.39. The van der Waals surface area contributed by atoms with Gasteiger partial charge in [0.15, 0.2) is 0 Å². The first-order valence-corrected chi connectivity index (χ1v) is 8.47. The molecule has 0 aromatic rings. The molecule has 0 radical (unpaired) electrons. The predicted octanol–water partition coefficient (Wildman–Crippen LogP) is 1.50. The van der Waals surface area contributed by atoms with E-state index < -0.39 is 12.2 Å². The molecule has 0 amide bonds. The quantitative estimate of drug-likeness (QED) is 0.320. The summed E-state index contributed by atoms with van der Waals surface area (Å²) in [7, 11) is 0. The van der Waals surface area contributed by atoms with Crippen molar-refractivity contribution < 1.29 is 31.0 Å². The van der Waals surface area contributed by atoms with Gasteiger partial charge in [-0.3, -0.25) is 0 Å². The second-order valence-electron chi connectivity index (χ2n) is 6.57. The van der Waals surface area contributed by atoms with Gasteiger partial charge in [-0.1, -0.05) is 38.7 Å². The monoisotopic (exact) mass is 380 g/mol. The van der Waals surface area contributed by atoms with E-state index in [0.717, 1.165) is 11.1 Å². The van der Waals surface area contributed by atoms with Crippen LogP contribution in [-0.4, -0.2) is 66.1 Å². The van der Waals surface area contributed by atoms with Crippen LogP contribution in [0, 0.1) is 5.92 Å². The zero-order chi connectivity index (χ0) is 20.3.